The van der Waals surface area contributed by atoms with Crippen LogP contribution >= 0.6 is 0 Å². The maximum atomic E-state index is 12.4. The van der Waals surface area contributed by atoms with E-state index in [9.17, 15) is 22.8 Å². The number of carboxylic acid groups (broad SMARTS) is 1. The Morgan fingerprint density at radius 1 is 1.00 bits per heavy atom. The van der Waals surface area contributed by atoms with Gasteiger partial charge in [-0.05, 0) is 49.2 Å². The number of hydrogen-bond acceptors (Lipinski definition) is 9. The number of hydrogen-bond donors (Lipinski definition) is 0. The van der Waals surface area contributed by atoms with Crippen LogP contribution in [0, 0.1) is 5.39 Å². The third-order valence-corrected chi connectivity index (χ3v) is 4.67. The number of carbonyl (C=O) groups is 3. The number of halogens is 3. The third kappa shape index (κ3) is 7.88. The number of esters is 2. The zero-order chi connectivity index (χ0) is 26.8. The van der Waals surface area contributed by atoms with E-state index in [1.54, 1.807) is 62.4 Å². The van der Waals surface area contributed by atoms with E-state index in [0.717, 1.165) is 5.56 Å². The minimum atomic E-state index is -5.19. The fraction of sp³-hybridized carbons (Fsp3) is 0.318. The van der Waals surface area contributed by atoms with Crippen LogP contribution in [0.1, 0.15) is 30.9 Å². The van der Waals surface area contributed by atoms with Gasteiger partial charge in [-0.25, -0.2) is 4.79 Å². The van der Waals surface area contributed by atoms with Crippen molar-refractivity contribution in [3.05, 3.63) is 64.6 Å². The fourth-order valence-corrected chi connectivity index (χ4v) is 2.57. The van der Waals surface area contributed by atoms with E-state index in [4.69, 9.17) is 24.8 Å². The number of nitrogens with zero attached hydrogens (tertiary/aromatic N) is 4. The molecule has 0 radical (unpaired) electrons. The van der Waals surface area contributed by atoms with Gasteiger partial charge >= 0.3 is 23.8 Å². The molecule has 0 heterocycles. The summed E-state index contributed by atoms with van der Waals surface area (Å²) in [6.45, 7) is 3.33. The summed E-state index contributed by atoms with van der Waals surface area (Å²) >= 11 is 0. The zero-order valence-corrected chi connectivity index (χ0v) is 19.1. The second-order valence-corrected chi connectivity index (χ2v) is 7.03. The quantitative estimate of drug-likeness (QED) is 0.336. The summed E-state index contributed by atoms with van der Waals surface area (Å²) in [6.07, 6.45) is -5.19. The first-order chi connectivity index (χ1) is 16.3. The molecule has 10 nitrogen and oxygen atoms in total. The molecule has 0 amide bonds. The van der Waals surface area contributed by atoms with Gasteiger partial charge in [0.05, 0.1) is 25.8 Å². The van der Waals surface area contributed by atoms with Crippen LogP contribution in [-0.4, -0.2) is 38.3 Å². The van der Waals surface area contributed by atoms with Gasteiger partial charge in [0.2, 0.25) is 10.9 Å². The minimum Gasteiger partial charge on any atom is -0.542 e. The number of rotatable bonds is 6. The van der Waals surface area contributed by atoms with Crippen LogP contribution in [0.25, 0.3) is 4.98 Å². The molecule has 0 aliphatic rings. The summed E-state index contributed by atoms with van der Waals surface area (Å²) in [5.74, 6) is -4.31. The van der Waals surface area contributed by atoms with Gasteiger partial charge in [0.25, 0.3) is 0 Å². The maximum absolute atomic E-state index is 12.4. The molecule has 0 saturated heterocycles. The SMILES string of the molecule is COC(=O)C(C)c1ccc(N=NC(C)(C(=O)OC)c2ccc([N+]#N)cc2)cc1.O=C([O-])C(F)(F)F. The number of diazo groups is 1. The number of carbonyl (C=O) groups excluding carboxylic acids is 3. The topological polar surface area (TPSA) is 146 Å². The summed E-state index contributed by atoms with van der Waals surface area (Å²) in [5, 5.41) is 26.0. The first kappa shape index (κ1) is 28.7. The molecule has 0 saturated carbocycles. The predicted molar refractivity (Wildman–Crippen MR) is 113 cm³/mol. The van der Waals surface area contributed by atoms with Gasteiger partial charge < -0.3 is 19.4 Å². The van der Waals surface area contributed by atoms with Crippen LogP contribution in [0.15, 0.2) is 58.8 Å². The zero-order valence-electron chi connectivity index (χ0n) is 19.1. The molecule has 0 aliphatic heterocycles. The average molecular weight is 494 g/mol. The first-order valence-corrected chi connectivity index (χ1v) is 9.73. The van der Waals surface area contributed by atoms with E-state index in [2.05, 4.69) is 15.2 Å². The van der Waals surface area contributed by atoms with E-state index in [-0.39, 0.29) is 5.97 Å². The highest BCUT2D eigenvalue weighted by Crippen LogP contribution is 2.31. The Morgan fingerprint density at radius 2 is 1.51 bits per heavy atom. The van der Waals surface area contributed by atoms with Crippen molar-refractivity contribution in [2.45, 2.75) is 31.5 Å². The van der Waals surface area contributed by atoms with Gasteiger partial charge in [-0.3, -0.25) is 4.79 Å². The Labute approximate surface area is 198 Å². The number of methoxy groups -OCH3 is 2. The maximum Gasteiger partial charge on any atom is 0.430 e. The number of carboxylic acids is 1. The molecule has 0 aliphatic carbocycles. The second kappa shape index (κ2) is 12.2. The molecular formula is C22H21F3N4O6. The number of azo groups is 1. The van der Waals surface area contributed by atoms with Crippen LogP contribution in [0.3, 0.4) is 0 Å². The van der Waals surface area contributed by atoms with Crippen molar-refractivity contribution in [3.8, 4) is 0 Å². The lowest BCUT2D eigenvalue weighted by Crippen LogP contribution is -2.37. The summed E-state index contributed by atoms with van der Waals surface area (Å²) < 4.78 is 41.2. The number of alkyl halides is 3. The molecule has 2 unspecified atom stereocenters. The van der Waals surface area contributed by atoms with Crippen LogP contribution in [0.4, 0.5) is 24.5 Å². The van der Waals surface area contributed by atoms with Crippen molar-refractivity contribution in [3.63, 3.8) is 0 Å². The van der Waals surface area contributed by atoms with E-state index < -0.39 is 29.6 Å². The minimum absolute atomic E-state index is 0.328. The number of aliphatic carboxylic acids is 1. The average Bonchev–Trinajstić information content (AvgIpc) is 2.85. The van der Waals surface area contributed by atoms with Gasteiger partial charge in [-0.1, -0.05) is 12.1 Å². The summed E-state index contributed by atoms with van der Waals surface area (Å²) in [7, 11) is 2.62. The van der Waals surface area contributed by atoms with Crippen LogP contribution in [0.2, 0.25) is 0 Å². The molecule has 35 heavy (non-hydrogen) atoms. The van der Waals surface area contributed by atoms with Crippen molar-refractivity contribution >= 4 is 29.3 Å². The molecule has 2 atom stereocenters. The summed E-state index contributed by atoms with van der Waals surface area (Å²) in [4.78, 5) is 35.9. The Balaban J connectivity index is 0.000000762. The molecule has 0 fully saturated rings. The van der Waals surface area contributed by atoms with Gasteiger partial charge in [-0.2, -0.15) is 23.4 Å². The lowest BCUT2D eigenvalue weighted by Gasteiger charge is -2.21. The highest BCUT2D eigenvalue weighted by molar-refractivity contribution is 5.82. The van der Waals surface area contributed by atoms with Crippen molar-refractivity contribution in [1.82, 2.24) is 0 Å². The van der Waals surface area contributed by atoms with Gasteiger partial charge in [0.1, 0.15) is 5.97 Å². The highest BCUT2D eigenvalue weighted by atomic mass is 19.4. The lowest BCUT2D eigenvalue weighted by atomic mass is 9.93. The third-order valence-electron chi connectivity index (χ3n) is 4.67. The summed E-state index contributed by atoms with van der Waals surface area (Å²) in [5.41, 5.74) is 0.804. The lowest BCUT2D eigenvalue weighted by molar-refractivity contribution is -0.344. The molecule has 0 aromatic heterocycles. The van der Waals surface area contributed by atoms with E-state index in [0.29, 0.717) is 16.9 Å². The molecule has 2 aromatic carbocycles. The Morgan fingerprint density at radius 3 is 1.91 bits per heavy atom. The van der Waals surface area contributed by atoms with Crippen molar-refractivity contribution < 1.29 is 42.1 Å². The Kier molecular flexibility index (Phi) is 10.0. The first-order valence-electron chi connectivity index (χ1n) is 9.73. The van der Waals surface area contributed by atoms with Gasteiger partial charge in [0.15, 0.2) is 4.98 Å². The standard InChI is InChI=1S/C20H21N4O4.C2HF3O2/c1-13(18(25)27-3)14-5-9-17(10-6-14)23-24-20(2,19(26)28-4)15-7-11-16(22-21)12-8-15;3-2(4,5)1(6)7/h5-13H,1-4H3;(H,6,7)/q+1;/p-1. The molecule has 0 N–H and O–H groups in total. The predicted octanol–water partition coefficient (Wildman–Crippen LogP) is 3.92. The second-order valence-electron chi connectivity index (χ2n) is 7.03. The van der Waals surface area contributed by atoms with Crippen LogP contribution in [-0.2, 0) is 29.4 Å². The smallest absolute Gasteiger partial charge is 0.430 e. The largest absolute Gasteiger partial charge is 0.542 e. The molecule has 13 heteroatoms. The van der Waals surface area contributed by atoms with Crippen molar-refractivity contribution in [2.75, 3.05) is 14.2 Å². The molecule has 186 valence electrons. The van der Waals surface area contributed by atoms with Crippen molar-refractivity contribution in [2.24, 2.45) is 10.2 Å². The number of ether oxygens (including phenoxy) is 2. The molecule has 2 aromatic rings. The Hall–Kier alpha value is -4.34. The van der Waals surface area contributed by atoms with E-state index in [1.807, 2.05) is 0 Å². The molecule has 0 spiro atoms. The van der Waals surface area contributed by atoms with Crippen molar-refractivity contribution in [1.29, 1.82) is 5.39 Å². The molecule has 0 bridgehead atoms. The van der Waals surface area contributed by atoms with E-state index >= 15 is 0 Å². The molecule has 2 rings (SSSR count). The fourth-order valence-electron chi connectivity index (χ4n) is 2.57. The van der Waals surface area contributed by atoms with E-state index in [1.165, 1.54) is 14.2 Å². The monoisotopic (exact) mass is 494 g/mol. The Bertz CT molecular complexity index is 1110. The number of benzene rings is 2. The van der Waals surface area contributed by atoms with Crippen LogP contribution < -0.4 is 5.11 Å². The summed E-state index contributed by atoms with van der Waals surface area (Å²) in [6, 6.07) is 13.2. The molecular weight excluding hydrogens is 473 g/mol. The normalized spacial score (nSPS) is 13.4. The van der Waals surface area contributed by atoms with Gasteiger partial charge in [-0.15, -0.1) is 0 Å². The van der Waals surface area contributed by atoms with Gasteiger partial charge in [0, 0.05) is 12.1 Å². The highest BCUT2D eigenvalue weighted by Gasteiger charge is 2.37. The van der Waals surface area contributed by atoms with Crippen LogP contribution in [0.5, 0.6) is 0 Å².